The van der Waals surface area contributed by atoms with E-state index in [1.807, 2.05) is 54.6 Å². The van der Waals surface area contributed by atoms with Gasteiger partial charge in [0.15, 0.2) is 0 Å². The van der Waals surface area contributed by atoms with Crippen molar-refractivity contribution in [3.63, 3.8) is 0 Å². The van der Waals surface area contributed by atoms with Crippen LogP contribution in [0.2, 0.25) is 0 Å². The van der Waals surface area contributed by atoms with Crippen molar-refractivity contribution in [2.45, 2.75) is 6.54 Å². The van der Waals surface area contributed by atoms with Crippen LogP contribution in [0.1, 0.15) is 5.56 Å². The van der Waals surface area contributed by atoms with Crippen molar-refractivity contribution in [2.75, 3.05) is 0 Å². The summed E-state index contributed by atoms with van der Waals surface area (Å²) in [5.74, 6) is 0. The highest BCUT2D eigenvalue weighted by molar-refractivity contribution is 6.01. The fourth-order valence-electron chi connectivity index (χ4n) is 2.51. The molecule has 102 valence electrons. The van der Waals surface area contributed by atoms with Gasteiger partial charge < -0.3 is 4.42 Å². The quantitative estimate of drug-likeness (QED) is 0.565. The van der Waals surface area contributed by atoms with Gasteiger partial charge in [-0.25, -0.2) is 4.98 Å². The molecule has 0 bridgehead atoms. The van der Waals surface area contributed by atoms with Gasteiger partial charge in [0.1, 0.15) is 11.1 Å². The van der Waals surface area contributed by atoms with E-state index in [1.165, 1.54) is 0 Å². The summed E-state index contributed by atoms with van der Waals surface area (Å²) in [4.78, 5) is 16.9. The highest BCUT2D eigenvalue weighted by Crippen LogP contribution is 2.24. The number of aromatic nitrogens is 2. The van der Waals surface area contributed by atoms with Crippen LogP contribution < -0.4 is 5.56 Å². The SMILES string of the molecule is O=c1c2oc3ccccc3c2ncn1Cc1ccccc1. The molecule has 0 atom stereocenters. The minimum absolute atomic E-state index is 0.153. The Bertz CT molecular complexity index is 984. The monoisotopic (exact) mass is 276 g/mol. The van der Waals surface area contributed by atoms with Crippen LogP contribution in [-0.2, 0) is 6.54 Å². The Balaban J connectivity index is 1.90. The molecule has 2 aromatic heterocycles. The summed E-state index contributed by atoms with van der Waals surface area (Å²) in [6, 6.07) is 17.4. The highest BCUT2D eigenvalue weighted by atomic mass is 16.3. The summed E-state index contributed by atoms with van der Waals surface area (Å²) in [6.07, 6.45) is 1.58. The Morgan fingerprint density at radius 2 is 1.76 bits per heavy atom. The van der Waals surface area contributed by atoms with Gasteiger partial charge in [-0.05, 0) is 17.7 Å². The summed E-state index contributed by atoms with van der Waals surface area (Å²) in [5.41, 5.74) is 2.53. The van der Waals surface area contributed by atoms with Gasteiger partial charge >= 0.3 is 0 Å². The molecule has 0 aliphatic rings. The summed E-state index contributed by atoms with van der Waals surface area (Å²) in [5, 5.41) is 0.872. The Hall–Kier alpha value is -2.88. The van der Waals surface area contributed by atoms with E-state index in [4.69, 9.17) is 4.42 Å². The Morgan fingerprint density at radius 1 is 1.00 bits per heavy atom. The lowest BCUT2D eigenvalue weighted by Crippen LogP contribution is -2.20. The van der Waals surface area contributed by atoms with Gasteiger partial charge in [0.25, 0.3) is 5.56 Å². The second kappa shape index (κ2) is 4.59. The molecule has 4 heteroatoms. The minimum atomic E-state index is -0.153. The standard InChI is InChI=1S/C17H12N2O2/c20-17-16-15(13-8-4-5-9-14(13)21-16)18-11-19(17)10-12-6-2-1-3-7-12/h1-9,11H,10H2. The molecule has 4 rings (SSSR count). The largest absolute Gasteiger partial charge is 0.448 e. The van der Waals surface area contributed by atoms with Crippen LogP contribution in [0, 0.1) is 0 Å². The van der Waals surface area contributed by atoms with Crippen molar-refractivity contribution in [3.8, 4) is 0 Å². The van der Waals surface area contributed by atoms with Crippen LogP contribution in [0.15, 0.2) is 70.1 Å². The maximum atomic E-state index is 12.5. The number of rotatable bonds is 2. The minimum Gasteiger partial charge on any atom is -0.448 e. The van der Waals surface area contributed by atoms with E-state index < -0.39 is 0 Å². The van der Waals surface area contributed by atoms with Crippen LogP contribution in [0.3, 0.4) is 0 Å². The topological polar surface area (TPSA) is 48.0 Å². The van der Waals surface area contributed by atoms with Crippen molar-refractivity contribution in [2.24, 2.45) is 0 Å². The van der Waals surface area contributed by atoms with Gasteiger partial charge in [-0.3, -0.25) is 9.36 Å². The van der Waals surface area contributed by atoms with E-state index in [-0.39, 0.29) is 5.56 Å². The van der Waals surface area contributed by atoms with E-state index in [0.29, 0.717) is 23.2 Å². The third kappa shape index (κ3) is 1.92. The van der Waals surface area contributed by atoms with Crippen molar-refractivity contribution < 1.29 is 4.42 Å². The summed E-state index contributed by atoms with van der Waals surface area (Å²) in [7, 11) is 0. The van der Waals surface area contributed by atoms with E-state index in [0.717, 1.165) is 10.9 Å². The smallest absolute Gasteiger partial charge is 0.297 e. The van der Waals surface area contributed by atoms with Crippen LogP contribution >= 0.6 is 0 Å². The lowest BCUT2D eigenvalue weighted by molar-refractivity contribution is 0.642. The average molecular weight is 276 g/mol. The number of benzene rings is 2. The first kappa shape index (κ1) is 11.9. The number of hydrogen-bond donors (Lipinski definition) is 0. The summed E-state index contributed by atoms with van der Waals surface area (Å²) >= 11 is 0. The molecule has 0 aliphatic heterocycles. The molecule has 0 saturated carbocycles. The molecule has 4 nitrogen and oxygen atoms in total. The number of fused-ring (bicyclic) bond motifs is 3. The molecule has 0 N–H and O–H groups in total. The summed E-state index contributed by atoms with van der Waals surface area (Å²) < 4.78 is 7.24. The number of nitrogens with zero attached hydrogens (tertiary/aromatic N) is 2. The maximum Gasteiger partial charge on any atom is 0.297 e. The first-order valence-electron chi connectivity index (χ1n) is 6.73. The van der Waals surface area contributed by atoms with E-state index >= 15 is 0 Å². The lowest BCUT2D eigenvalue weighted by atomic mass is 10.2. The molecule has 21 heavy (non-hydrogen) atoms. The average Bonchev–Trinajstić information content (AvgIpc) is 2.91. The molecule has 2 heterocycles. The molecule has 0 fully saturated rings. The predicted octanol–water partition coefficient (Wildman–Crippen LogP) is 3.19. The van der Waals surface area contributed by atoms with Gasteiger partial charge in [-0.1, -0.05) is 42.5 Å². The van der Waals surface area contributed by atoms with Gasteiger partial charge in [-0.15, -0.1) is 0 Å². The van der Waals surface area contributed by atoms with Crippen LogP contribution in [-0.4, -0.2) is 9.55 Å². The molecule has 2 aromatic carbocycles. The second-order valence-corrected chi connectivity index (χ2v) is 4.94. The van der Waals surface area contributed by atoms with Crippen molar-refractivity contribution in [1.82, 2.24) is 9.55 Å². The van der Waals surface area contributed by atoms with Crippen molar-refractivity contribution in [3.05, 3.63) is 76.8 Å². The van der Waals surface area contributed by atoms with Crippen molar-refractivity contribution >= 4 is 22.1 Å². The first-order chi connectivity index (χ1) is 10.3. The second-order valence-electron chi connectivity index (χ2n) is 4.94. The third-order valence-corrected chi connectivity index (χ3v) is 3.55. The molecule has 0 unspecified atom stereocenters. The maximum absolute atomic E-state index is 12.5. The molecule has 0 aliphatic carbocycles. The van der Waals surface area contributed by atoms with Gasteiger partial charge in [0, 0.05) is 5.39 Å². The molecular weight excluding hydrogens is 264 g/mol. The lowest BCUT2D eigenvalue weighted by Gasteiger charge is -2.04. The molecule has 0 radical (unpaired) electrons. The molecular formula is C17H12N2O2. The van der Waals surface area contributed by atoms with Gasteiger partial charge in [0.2, 0.25) is 5.58 Å². The van der Waals surface area contributed by atoms with E-state index in [2.05, 4.69) is 4.98 Å². The fraction of sp³-hybridized carbons (Fsp3) is 0.0588. The zero-order valence-corrected chi connectivity index (χ0v) is 11.2. The summed E-state index contributed by atoms with van der Waals surface area (Å²) in [6.45, 7) is 0.486. The normalized spacial score (nSPS) is 11.2. The molecule has 0 saturated heterocycles. The number of hydrogen-bond acceptors (Lipinski definition) is 3. The molecule has 0 spiro atoms. The molecule has 0 amide bonds. The van der Waals surface area contributed by atoms with Crippen LogP contribution in [0.5, 0.6) is 0 Å². The first-order valence-corrected chi connectivity index (χ1v) is 6.73. The predicted molar refractivity (Wildman–Crippen MR) is 81.3 cm³/mol. The van der Waals surface area contributed by atoms with Crippen molar-refractivity contribution in [1.29, 1.82) is 0 Å². The third-order valence-electron chi connectivity index (χ3n) is 3.55. The Kier molecular flexibility index (Phi) is 2.60. The highest BCUT2D eigenvalue weighted by Gasteiger charge is 2.12. The van der Waals surface area contributed by atoms with E-state index in [1.54, 1.807) is 10.9 Å². The van der Waals surface area contributed by atoms with E-state index in [9.17, 15) is 4.79 Å². The Labute approximate surface area is 120 Å². The van der Waals surface area contributed by atoms with Gasteiger partial charge in [-0.2, -0.15) is 0 Å². The number of furan rings is 1. The fourth-order valence-corrected chi connectivity index (χ4v) is 2.51. The zero-order chi connectivity index (χ0) is 14.2. The van der Waals surface area contributed by atoms with Crippen LogP contribution in [0.4, 0.5) is 0 Å². The van der Waals surface area contributed by atoms with Gasteiger partial charge in [0.05, 0.1) is 12.9 Å². The zero-order valence-electron chi connectivity index (χ0n) is 11.2. The molecule has 4 aromatic rings. The van der Waals surface area contributed by atoms with Crippen LogP contribution in [0.25, 0.3) is 22.1 Å². The Morgan fingerprint density at radius 3 is 2.62 bits per heavy atom. The number of para-hydroxylation sites is 1.